The molecule has 0 saturated heterocycles. The van der Waals surface area contributed by atoms with Crippen molar-refractivity contribution in [2.45, 2.75) is 23.5 Å². The molecule has 0 aliphatic rings. The first-order chi connectivity index (χ1) is 8.11. The molecule has 0 radical (unpaired) electrons. The highest BCUT2D eigenvalue weighted by molar-refractivity contribution is 7.99. The average molecular weight is 254 g/mol. The lowest BCUT2D eigenvalue weighted by molar-refractivity contribution is -0.392. The third-order valence-electron chi connectivity index (χ3n) is 2.07. The number of aromatic amines is 1. The number of hydrogen-bond acceptors (Lipinski definition) is 6. The van der Waals surface area contributed by atoms with Crippen LogP contribution in [0.4, 0.5) is 5.82 Å². The molecule has 0 amide bonds. The van der Waals surface area contributed by atoms with E-state index in [1.54, 1.807) is 11.6 Å². The molecular formula is C8H10N6O2S. The zero-order valence-corrected chi connectivity index (χ0v) is 10.1. The van der Waals surface area contributed by atoms with E-state index < -0.39 is 4.92 Å². The number of nitro groups is 1. The van der Waals surface area contributed by atoms with E-state index in [0.29, 0.717) is 10.2 Å². The molecule has 0 spiro atoms. The Balaban J connectivity index is 2.29. The number of nitrogens with zero attached hydrogens (tertiary/aromatic N) is 5. The molecule has 2 heterocycles. The van der Waals surface area contributed by atoms with Crippen molar-refractivity contribution in [3.63, 3.8) is 0 Å². The van der Waals surface area contributed by atoms with Crippen molar-refractivity contribution in [2.24, 2.45) is 7.05 Å². The number of imidazole rings is 1. The number of aryl methyl sites for hydroxylation is 2. The standard InChI is InChI=1S/C8H10N6O2S/c1-3-5-10-8(12-11-5)17-7-6(14(15)16)9-4-13(7)2/h4H,3H2,1-2H3,(H,10,11,12). The van der Waals surface area contributed by atoms with Crippen LogP contribution in [0.15, 0.2) is 16.5 Å². The second kappa shape index (κ2) is 4.53. The second-order valence-electron chi connectivity index (χ2n) is 3.26. The Bertz CT molecular complexity index is 548. The molecule has 9 heteroatoms. The van der Waals surface area contributed by atoms with E-state index in [2.05, 4.69) is 20.2 Å². The third kappa shape index (κ3) is 2.28. The van der Waals surface area contributed by atoms with Crippen molar-refractivity contribution in [3.05, 3.63) is 22.3 Å². The van der Waals surface area contributed by atoms with Crippen molar-refractivity contribution in [1.29, 1.82) is 0 Å². The Morgan fingerprint density at radius 3 is 3.00 bits per heavy atom. The van der Waals surface area contributed by atoms with Gasteiger partial charge in [0.25, 0.3) is 0 Å². The Morgan fingerprint density at radius 1 is 1.65 bits per heavy atom. The molecule has 0 atom stereocenters. The quantitative estimate of drug-likeness (QED) is 0.648. The van der Waals surface area contributed by atoms with Crippen LogP contribution in [0.3, 0.4) is 0 Å². The van der Waals surface area contributed by atoms with Gasteiger partial charge < -0.3 is 14.7 Å². The van der Waals surface area contributed by atoms with Crippen LogP contribution in [-0.2, 0) is 13.5 Å². The van der Waals surface area contributed by atoms with Crippen LogP contribution in [0.25, 0.3) is 0 Å². The summed E-state index contributed by atoms with van der Waals surface area (Å²) in [5.74, 6) is 0.567. The van der Waals surface area contributed by atoms with E-state index >= 15 is 0 Å². The molecule has 0 aliphatic heterocycles. The van der Waals surface area contributed by atoms with Gasteiger partial charge in [0.1, 0.15) is 5.82 Å². The predicted molar refractivity (Wildman–Crippen MR) is 59.7 cm³/mol. The first-order valence-electron chi connectivity index (χ1n) is 4.86. The molecule has 2 aromatic heterocycles. The highest BCUT2D eigenvalue weighted by Gasteiger charge is 2.22. The number of H-pyrrole nitrogens is 1. The summed E-state index contributed by atoms with van der Waals surface area (Å²) < 4.78 is 1.57. The number of nitrogens with one attached hydrogen (secondary N) is 1. The average Bonchev–Trinajstić information content (AvgIpc) is 2.87. The van der Waals surface area contributed by atoms with Crippen molar-refractivity contribution >= 4 is 17.6 Å². The Labute approximate surface area is 101 Å². The van der Waals surface area contributed by atoms with Crippen LogP contribution in [0, 0.1) is 10.1 Å². The molecular weight excluding hydrogens is 244 g/mol. The summed E-state index contributed by atoms with van der Waals surface area (Å²) in [5, 5.41) is 18.3. The Kier molecular flexibility index (Phi) is 3.09. The first kappa shape index (κ1) is 11.6. The van der Waals surface area contributed by atoms with E-state index in [9.17, 15) is 10.1 Å². The van der Waals surface area contributed by atoms with E-state index in [0.717, 1.165) is 24.0 Å². The topological polar surface area (TPSA) is 103 Å². The molecule has 0 aromatic carbocycles. The van der Waals surface area contributed by atoms with Gasteiger partial charge in [0.05, 0.1) is 0 Å². The molecule has 90 valence electrons. The van der Waals surface area contributed by atoms with Gasteiger partial charge in [-0.1, -0.05) is 6.92 Å². The van der Waals surface area contributed by atoms with Crippen LogP contribution >= 0.6 is 11.8 Å². The maximum atomic E-state index is 10.8. The minimum atomic E-state index is -0.518. The normalized spacial score (nSPS) is 10.7. The summed E-state index contributed by atoms with van der Waals surface area (Å²) in [5.41, 5.74) is 0. The van der Waals surface area contributed by atoms with Gasteiger partial charge in [0, 0.05) is 13.5 Å². The summed E-state index contributed by atoms with van der Waals surface area (Å²) in [6, 6.07) is 0. The highest BCUT2D eigenvalue weighted by atomic mass is 32.2. The first-order valence-corrected chi connectivity index (χ1v) is 5.68. The lowest BCUT2D eigenvalue weighted by Crippen LogP contribution is -1.93. The molecule has 8 nitrogen and oxygen atoms in total. The zero-order valence-electron chi connectivity index (χ0n) is 9.25. The summed E-state index contributed by atoms with van der Waals surface area (Å²) in [4.78, 5) is 18.1. The second-order valence-corrected chi connectivity index (χ2v) is 4.22. The zero-order chi connectivity index (χ0) is 12.4. The van der Waals surface area contributed by atoms with E-state index in [1.165, 1.54) is 6.33 Å². The lowest BCUT2D eigenvalue weighted by Gasteiger charge is -1.97. The van der Waals surface area contributed by atoms with Gasteiger partial charge in [-0.25, -0.2) is 4.98 Å². The fourth-order valence-electron chi connectivity index (χ4n) is 1.22. The molecule has 0 unspecified atom stereocenters. The van der Waals surface area contributed by atoms with Gasteiger partial charge in [0.2, 0.25) is 11.5 Å². The van der Waals surface area contributed by atoms with Gasteiger partial charge in [-0.2, -0.15) is 0 Å². The maximum Gasteiger partial charge on any atom is 0.396 e. The van der Waals surface area contributed by atoms with Crippen molar-refractivity contribution in [1.82, 2.24) is 24.7 Å². The predicted octanol–water partition coefficient (Wildman–Crippen LogP) is 1.16. The molecule has 17 heavy (non-hydrogen) atoms. The Hall–Kier alpha value is -1.90. The van der Waals surface area contributed by atoms with Crippen molar-refractivity contribution in [3.8, 4) is 0 Å². The Morgan fingerprint density at radius 2 is 2.41 bits per heavy atom. The molecule has 2 rings (SSSR count). The van der Waals surface area contributed by atoms with Gasteiger partial charge in [-0.15, -0.1) is 5.10 Å². The van der Waals surface area contributed by atoms with E-state index in [4.69, 9.17) is 0 Å². The van der Waals surface area contributed by atoms with Gasteiger partial charge >= 0.3 is 5.82 Å². The summed E-state index contributed by atoms with van der Waals surface area (Å²) in [7, 11) is 1.69. The number of rotatable bonds is 4. The van der Waals surface area contributed by atoms with Gasteiger partial charge in [-0.05, 0) is 21.7 Å². The third-order valence-corrected chi connectivity index (χ3v) is 3.10. The number of aromatic nitrogens is 5. The minimum absolute atomic E-state index is 0.180. The van der Waals surface area contributed by atoms with E-state index in [1.807, 2.05) is 6.92 Å². The fourth-order valence-corrected chi connectivity index (χ4v) is 2.05. The van der Waals surface area contributed by atoms with Gasteiger partial charge in [0.15, 0.2) is 5.03 Å². The van der Waals surface area contributed by atoms with Crippen LogP contribution in [0.1, 0.15) is 12.7 Å². The van der Waals surface area contributed by atoms with Crippen molar-refractivity contribution in [2.75, 3.05) is 0 Å². The molecule has 0 aliphatic carbocycles. The lowest BCUT2D eigenvalue weighted by atomic mass is 10.5. The van der Waals surface area contributed by atoms with Crippen molar-refractivity contribution < 1.29 is 4.92 Å². The summed E-state index contributed by atoms with van der Waals surface area (Å²) in [6.07, 6.45) is 2.13. The molecule has 2 aromatic rings. The highest BCUT2D eigenvalue weighted by Crippen LogP contribution is 2.31. The summed E-state index contributed by atoms with van der Waals surface area (Å²) >= 11 is 1.12. The largest absolute Gasteiger partial charge is 0.396 e. The minimum Gasteiger partial charge on any atom is -0.358 e. The maximum absolute atomic E-state index is 10.8. The molecule has 0 saturated carbocycles. The molecule has 1 N–H and O–H groups in total. The SMILES string of the molecule is CCc1nc(Sc2c([N+](=O)[O-])ncn2C)n[nH]1. The molecule has 0 fully saturated rings. The van der Waals surface area contributed by atoms with Gasteiger partial charge in [-0.3, -0.25) is 5.10 Å². The van der Waals surface area contributed by atoms with Crippen LogP contribution in [-0.4, -0.2) is 29.7 Å². The van der Waals surface area contributed by atoms with Crippen LogP contribution in [0.2, 0.25) is 0 Å². The van der Waals surface area contributed by atoms with Crippen LogP contribution < -0.4 is 0 Å². The summed E-state index contributed by atoms with van der Waals surface area (Å²) in [6.45, 7) is 1.95. The fraction of sp³-hybridized carbons (Fsp3) is 0.375. The molecule has 0 bridgehead atoms. The smallest absolute Gasteiger partial charge is 0.358 e. The number of hydrogen-bond donors (Lipinski definition) is 1. The monoisotopic (exact) mass is 254 g/mol. The van der Waals surface area contributed by atoms with E-state index in [-0.39, 0.29) is 5.82 Å². The van der Waals surface area contributed by atoms with Crippen LogP contribution in [0.5, 0.6) is 0 Å².